The van der Waals surface area contributed by atoms with E-state index in [9.17, 15) is 0 Å². The third kappa shape index (κ3) is 2.70. The summed E-state index contributed by atoms with van der Waals surface area (Å²) in [6.45, 7) is 5.41. The van der Waals surface area contributed by atoms with Gasteiger partial charge in [-0.25, -0.2) is 0 Å². The molecule has 20 heavy (non-hydrogen) atoms. The highest BCUT2D eigenvalue weighted by Crippen LogP contribution is 2.35. The maximum Gasteiger partial charge on any atom is 0.130 e. The first-order valence-electron chi connectivity index (χ1n) is 6.72. The zero-order valence-corrected chi connectivity index (χ0v) is 12.4. The van der Waals surface area contributed by atoms with Crippen LogP contribution in [-0.2, 0) is 13.0 Å². The molecule has 1 N–H and O–H groups in total. The molecular formula is C14H17N3O2S. The van der Waals surface area contributed by atoms with Gasteiger partial charge in [0.2, 0.25) is 0 Å². The van der Waals surface area contributed by atoms with Crippen LogP contribution in [0.1, 0.15) is 25.0 Å². The SMILES string of the molecule is CCOc1cc2c(cc1CNc1cnns1)OC(C)C2. The summed E-state index contributed by atoms with van der Waals surface area (Å²) in [7, 11) is 0. The van der Waals surface area contributed by atoms with E-state index < -0.39 is 0 Å². The van der Waals surface area contributed by atoms with Crippen molar-refractivity contribution < 1.29 is 9.47 Å². The van der Waals surface area contributed by atoms with Gasteiger partial charge >= 0.3 is 0 Å². The number of hydrogen-bond acceptors (Lipinski definition) is 6. The minimum Gasteiger partial charge on any atom is -0.494 e. The largest absolute Gasteiger partial charge is 0.494 e. The van der Waals surface area contributed by atoms with E-state index in [1.807, 2.05) is 6.92 Å². The molecule has 0 bridgehead atoms. The van der Waals surface area contributed by atoms with Crippen molar-refractivity contribution in [3.8, 4) is 11.5 Å². The van der Waals surface area contributed by atoms with Crippen molar-refractivity contribution in [2.45, 2.75) is 32.9 Å². The summed E-state index contributed by atoms with van der Waals surface area (Å²) in [4.78, 5) is 0. The van der Waals surface area contributed by atoms with Gasteiger partial charge in [0, 0.05) is 35.6 Å². The molecule has 0 radical (unpaired) electrons. The fraction of sp³-hybridized carbons (Fsp3) is 0.429. The minimum atomic E-state index is 0.244. The number of rotatable bonds is 5. The third-order valence-electron chi connectivity index (χ3n) is 3.19. The molecule has 3 rings (SSSR count). The maximum atomic E-state index is 5.81. The van der Waals surface area contributed by atoms with E-state index in [2.05, 4.69) is 34.0 Å². The molecular weight excluding hydrogens is 274 g/mol. The predicted molar refractivity (Wildman–Crippen MR) is 78.6 cm³/mol. The summed E-state index contributed by atoms with van der Waals surface area (Å²) in [6.07, 6.45) is 2.91. The fourth-order valence-corrected chi connectivity index (χ4v) is 2.75. The quantitative estimate of drug-likeness (QED) is 0.918. The number of fused-ring (bicyclic) bond motifs is 1. The first-order chi connectivity index (χ1) is 9.76. The second kappa shape index (κ2) is 5.66. The van der Waals surface area contributed by atoms with Crippen LogP contribution in [0.3, 0.4) is 0 Å². The summed E-state index contributed by atoms with van der Waals surface area (Å²) in [6, 6.07) is 4.18. The number of benzene rings is 1. The molecule has 0 spiro atoms. The van der Waals surface area contributed by atoms with E-state index in [4.69, 9.17) is 9.47 Å². The van der Waals surface area contributed by atoms with Gasteiger partial charge in [0.1, 0.15) is 22.6 Å². The summed E-state index contributed by atoms with van der Waals surface area (Å²) in [5, 5.41) is 8.06. The van der Waals surface area contributed by atoms with Crippen LogP contribution < -0.4 is 14.8 Å². The van der Waals surface area contributed by atoms with Crippen molar-refractivity contribution in [2.24, 2.45) is 0 Å². The van der Waals surface area contributed by atoms with Crippen LogP contribution >= 0.6 is 11.5 Å². The van der Waals surface area contributed by atoms with Crippen LogP contribution in [0.15, 0.2) is 18.3 Å². The molecule has 0 amide bonds. The van der Waals surface area contributed by atoms with Crippen LogP contribution in [0, 0.1) is 0 Å². The van der Waals surface area contributed by atoms with Crippen molar-refractivity contribution in [1.82, 2.24) is 9.59 Å². The van der Waals surface area contributed by atoms with Crippen LogP contribution in [0.2, 0.25) is 0 Å². The third-order valence-corrected chi connectivity index (χ3v) is 3.82. The first-order valence-corrected chi connectivity index (χ1v) is 7.50. The summed E-state index contributed by atoms with van der Waals surface area (Å²) < 4.78 is 15.4. The van der Waals surface area contributed by atoms with Gasteiger partial charge < -0.3 is 14.8 Å². The van der Waals surface area contributed by atoms with Gasteiger partial charge in [-0.05, 0) is 26.0 Å². The highest BCUT2D eigenvalue weighted by atomic mass is 32.1. The van der Waals surface area contributed by atoms with Crippen molar-refractivity contribution in [3.05, 3.63) is 29.5 Å². The highest BCUT2D eigenvalue weighted by Gasteiger charge is 2.21. The zero-order chi connectivity index (χ0) is 13.9. The molecule has 1 aromatic heterocycles. The Labute approximate surface area is 122 Å². The van der Waals surface area contributed by atoms with Crippen molar-refractivity contribution in [1.29, 1.82) is 0 Å². The zero-order valence-electron chi connectivity index (χ0n) is 11.5. The molecule has 1 atom stereocenters. The number of hydrogen-bond donors (Lipinski definition) is 1. The monoisotopic (exact) mass is 291 g/mol. The Balaban J connectivity index is 1.82. The topological polar surface area (TPSA) is 56.3 Å². The Morgan fingerprint density at radius 2 is 2.40 bits per heavy atom. The molecule has 2 aromatic rings. The molecule has 106 valence electrons. The molecule has 2 heterocycles. The van der Waals surface area contributed by atoms with E-state index >= 15 is 0 Å². The van der Waals surface area contributed by atoms with Crippen LogP contribution in [-0.4, -0.2) is 22.3 Å². The Morgan fingerprint density at radius 1 is 1.50 bits per heavy atom. The maximum absolute atomic E-state index is 5.81. The van der Waals surface area contributed by atoms with Gasteiger partial charge in [-0.1, -0.05) is 4.49 Å². The number of anilines is 1. The molecule has 1 aromatic carbocycles. The molecule has 1 aliphatic heterocycles. The van der Waals surface area contributed by atoms with E-state index in [0.717, 1.165) is 28.5 Å². The molecule has 0 aliphatic carbocycles. The lowest BCUT2D eigenvalue weighted by atomic mass is 10.1. The van der Waals surface area contributed by atoms with Crippen molar-refractivity contribution in [2.75, 3.05) is 11.9 Å². The van der Waals surface area contributed by atoms with Crippen LogP contribution in [0.5, 0.6) is 11.5 Å². The molecule has 5 nitrogen and oxygen atoms in total. The Bertz CT molecular complexity index is 586. The fourth-order valence-electron chi connectivity index (χ4n) is 2.34. The van der Waals surface area contributed by atoms with Crippen molar-refractivity contribution in [3.63, 3.8) is 0 Å². The second-order valence-electron chi connectivity index (χ2n) is 4.77. The van der Waals surface area contributed by atoms with Gasteiger partial charge in [0.05, 0.1) is 12.8 Å². The molecule has 0 saturated carbocycles. The number of ether oxygens (including phenoxy) is 2. The average molecular weight is 291 g/mol. The van der Waals surface area contributed by atoms with E-state index in [1.165, 1.54) is 17.1 Å². The van der Waals surface area contributed by atoms with Gasteiger partial charge in [0.25, 0.3) is 0 Å². The Hall–Kier alpha value is -1.82. The minimum absolute atomic E-state index is 0.244. The van der Waals surface area contributed by atoms with Gasteiger partial charge in [-0.2, -0.15) is 0 Å². The normalized spacial score (nSPS) is 16.6. The van der Waals surface area contributed by atoms with E-state index in [0.29, 0.717) is 13.2 Å². The Morgan fingerprint density at radius 3 is 3.15 bits per heavy atom. The van der Waals surface area contributed by atoms with E-state index in [1.54, 1.807) is 6.20 Å². The lowest BCUT2D eigenvalue weighted by molar-refractivity contribution is 0.254. The molecule has 1 aliphatic rings. The molecule has 0 saturated heterocycles. The standard InChI is InChI=1S/C14H17N3O2S/c1-3-18-12-5-10-4-9(2)19-13(10)6-11(12)7-15-14-8-16-17-20-14/h5-6,8-9,15H,3-4,7H2,1-2H3. The number of aromatic nitrogens is 2. The second-order valence-corrected chi connectivity index (χ2v) is 5.55. The van der Waals surface area contributed by atoms with Crippen molar-refractivity contribution >= 4 is 16.5 Å². The first kappa shape index (κ1) is 13.2. The van der Waals surface area contributed by atoms with Gasteiger partial charge in [0.15, 0.2) is 0 Å². The average Bonchev–Trinajstić information content (AvgIpc) is 3.04. The lowest BCUT2D eigenvalue weighted by Gasteiger charge is -2.13. The number of nitrogens with one attached hydrogen (secondary N) is 1. The highest BCUT2D eigenvalue weighted by molar-refractivity contribution is 7.09. The molecule has 0 fully saturated rings. The predicted octanol–water partition coefficient (Wildman–Crippen LogP) is 2.87. The summed E-state index contributed by atoms with van der Waals surface area (Å²) in [5.74, 6) is 1.90. The smallest absolute Gasteiger partial charge is 0.130 e. The summed E-state index contributed by atoms with van der Waals surface area (Å²) >= 11 is 1.34. The van der Waals surface area contributed by atoms with Gasteiger partial charge in [-0.3, -0.25) is 0 Å². The van der Waals surface area contributed by atoms with Crippen LogP contribution in [0.4, 0.5) is 5.00 Å². The molecule has 6 heteroatoms. The molecule has 1 unspecified atom stereocenters. The summed E-state index contributed by atoms with van der Waals surface area (Å²) in [5.41, 5.74) is 2.32. The van der Waals surface area contributed by atoms with E-state index in [-0.39, 0.29) is 6.10 Å². The number of nitrogens with zero attached hydrogens (tertiary/aromatic N) is 2. The van der Waals surface area contributed by atoms with Gasteiger partial charge in [-0.15, -0.1) is 5.10 Å². The lowest BCUT2D eigenvalue weighted by Crippen LogP contribution is -2.05. The Kier molecular flexibility index (Phi) is 3.73. The van der Waals surface area contributed by atoms with Crippen LogP contribution in [0.25, 0.3) is 0 Å².